The molecule has 28 heavy (non-hydrogen) atoms. The van der Waals surface area contributed by atoms with Crippen molar-refractivity contribution in [3.8, 4) is 0 Å². The highest BCUT2D eigenvalue weighted by atomic mass is 35.5. The second kappa shape index (κ2) is 10.2. The van der Waals surface area contributed by atoms with Gasteiger partial charge in [-0.25, -0.2) is 0 Å². The Hall–Kier alpha value is -2.41. The first-order valence-electron chi connectivity index (χ1n) is 9.50. The number of benzene rings is 1. The predicted octanol–water partition coefficient (Wildman–Crippen LogP) is 4.01. The largest absolute Gasteiger partial charge is 0.354 e. The lowest BCUT2D eigenvalue weighted by Crippen LogP contribution is -2.49. The first-order valence-corrected chi connectivity index (χ1v) is 9.87. The first kappa shape index (κ1) is 21.9. The number of amides is 2. The molecule has 0 spiro atoms. The Kier molecular flexibility index (Phi) is 7.99. The summed E-state index contributed by atoms with van der Waals surface area (Å²) in [4.78, 5) is 35.4. The third-order valence-electron chi connectivity index (χ3n) is 4.77. The van der Waals surface area contributed by atoms with E-state index < -0.39 is 16.9 Å². The lowest BCUT2D eigenvalue weighted by Gasteiger charge is -2.22. The zero-order chi connectivity index (χ0) is 20.7. The van der Waals surface area contributed by atoms with Gasteiger partial charge in [0.2, 0.25) is 5.91 Å². The van der Waals surface area contributed by atoms with Crippen molar-refractivity contribution >= 4 is 29.1 Å². The van der Waals surface area contributed by atoms with E-state index in [0.29, 0.717) is 6.54 Å². The Morgan fingerprint density at radius 3 is 2.64 bits per heavy atom. The average molecular weight is 408 g/mol. The quantitative estimate of drug-likeness (QED) is 0.386. The molecule has 8 heteroatoms. The maximum atomic E-state index is 12.5. The van der Waals surface area contributed by atoms with Crippen molar-refractivity contribution in [3.05, 3.63) is 50.5 Å². The molecule has 0 saturated heterocycles. The van der Waals surface area contributed by atoms with Crippen LogP contribution in [0.3, 0.4) is 0 Å². The molecule has 1 atom stereocenters. The maximum Gasteiger partial charge on any atom is 0.288 e. The molecule has 1 unspecified atom stereocenters. The van der Waals surface area contributed by atoms with Gasteiger partial charge >= 0.3 is 0 Å². The topological polar surface area (TPSA) is 101 Å². The molecule has 1 aromatic carbocycles. The fourth-order valence-electron chi connectivity index (χ4n) is 3.14. The van der Waals surface area contributed by atoms with Gasteiger partial charge in [-0.1, -0.05) is 37.1 Å². The minimum atomic E-state index is -0.734. The molecule has 2 rings (SSSR count). The van der Waals surface area contributed by atoms with Gasteiger partial charge in [-0.05, 0) is 50.2 Å². The van der Waals surface area contributed by atoms with Crippen molar-refractivity contribution in [1.82, 2.24) is 10.6 Å². The van der Waals surface area contributed by atoms with Crippen molar-refractivity contribution in [3.63, 3.8) is 0 Å². The molecule has 0 heterocycles. The molecule has 0 radical (unpaired) electrons. The van der Waals surface area contributed by atoms with Gasteiger partial charge in [0.1, 0.15) is 11.1 Å². The van der Waals surface area contributed by atoms with Gasteiger partial charge in [-0.3, -0.25) is 19.7 Å². The zero-order valence-electron chi connectivity index (χ0n) is 16.2. The van der Waals surface area contributed by atoms with Crippen LogP contribution in [-0.4, -0.2) is 29.3 Å². The summed E-state index contributed by atoms with van der Waals surface area (Å²) < 4.78 is 0. The minimum absolute atomic E-state index is 0.0447. The van der Waals surface area contributed by atoms with Gasteiger partial charge in [0.15, 0.2) is 0 Å². The number of hydrogen-bond donors (Lipinski definition) is 2. The van der Waals surface area contributed by atoms with Gasteiger partial charge in [-0.15, -0.1) is 0 Å². The first-order chi connectivity index (χ1) is 13.3. The van der Waals surface area contributed by atoms with Crippen LogP contribution in [0.4, 0.5) is 5.69 Å². The highest BCUT2D eigenvalue weighted by Crippen LogP contribution is 2.25. The lowest BCUT2D eigenvalue weighted by molar-refractivity contribution is -0.384. The number of hydrogen-bond acceptors (Lipinski definition) is 4. The molecule has 1 aliphatic carbocycles. The fraction of sp³-hybridized carbons (Fsp3) is 0.500. The summed E-state index contributed by atoms with van der Waals surface area (Å²) in [6.45, 7) is 4.19. The number of nitro benzene ring substituents is 1. The van der Waals surface area contributed by atoms with Crippen LogP contribution in [0, 0.1) is 16.0 Å². The van der Waals surface area contributed by atoms with Crippen LogP contribution in [-0.2, 0) is 4.79 Å². The molecule has 152 valence electrons. The number of carbonyl (C=O) groups is 2. The SMILES string of the molecule is CC(C)C(NC(=O)c1ccc(Cl)c([N+](=O)[O-])c1)C(=O)NCCC1=CCCCC1. The van der Waals surface area contributed by atoms with Crippen LogP contribution in [0.15, 0.2) is 29.8 Å². The van der Waals surface area contributed by atoms with Crippen LogP contribution < -0.4 is 10.6 Å². The van der Waals surface area contributed by atoms with Crippen molar-refractivity contribution < 1.29 is 14.5 Å². The van der Waals surface area contributed by atoms with Crippen LogP contribution in [0.5, 0.6) is 0 Å². The Morgan fingerprint density at radius 2 is 2.04 bits per heavy atom. The number of nitrogens with zero attached hydrogens (tertiary/aromatic N) is 1. The molecular weight excluding hydrogens is 382 g/mol. The van der Waals surface area contributed by atoms with Gasteiger partial charge in [0.05, 0.1) is 4.92 Å². The van der Waals surface area contributed by atoms with E-state index in [0.717, 1.165) is 25.3 Å². The Bertz CT molecular complexity index is 777. The van der Waals surface area contributed by atoms with Crippen molar-refractivity contribution in [2.45, 2.75) is 52.0 Å². The fourth-order valence-corrected chi connectivity index (χ4v) is 3.33. The van der Waals surface area contributed by atoms with E-state index in [1.54, 1.807) is 0 Å². The second-order valence-electron chi connectivity index (χ2n) is 7.27. The molecule has 7 nitrogen and oxygen atoms in total. The highest BCUT2D eigenvalue weighted by Gasteiger charge is 2.25. The number of halogens is 1. The van der Waals surface area contributed by atoms with E-state index in [-0.39, 0.29) is 28.1 Å². The lowest BCUT2D eigenvalue weighted by atomic mass is 9.97. The zero-order valence-corrected chi connectivity index (χ0v) is 16.9. The van der Waals surface area contributed by atoms with Crippen molar-refractivity contribution in [2.75, 3.05) is 6.54 Å². The van der Waals surface area contributed by atoms with Gasteiger partial charge in [0.25, 0.3) is 11.6 Å². The van der Waals surface area contributed by atoms with Gasteiger partial charge < -0.3 is 10.6 Å². The maximum absolute atomic E-state index is 12.5. The van der Waals surface area contributed by atoms with Crippen LogP contribution in [0.2, 0.25) is 5.02 Å². The van der Waals surface area contributed by atoms with E-state index in [1.807, 2.05) is 13.8 Å². The number of nitrogens with one attached hydrogen (secondary N) is 2. The molecule has 1 aromatic rings. The molecule has 0 fully saturated rings. The van der Waals surface area contributed by atoms with Crippen molar-refractivity contribution in [2.24, 2.45) is 5.92 Å². The van der Waals surface area contributed by atoms with Crippen LogP contribution >= 0.6 is 11.6 Å². The summed E-state index contributed by atoms with van der Waals surface area (Å²) in [6.07, 6.45) is 7.65. The third kappa shape index (κ3) is 6.05. The standard InChI is InChI=1S/C20H26ClN3O4/c1-13(2)18(20(26)22-11-10-14-6-4-3-5-7-14)23-19(25)15-8-9-16(21)17(12-15)24(27)28/h6,8-9,12-13,18H,3-5,7,10-11H2,1-2H3,(H,22,26)(H,23,25). The summed E-state index contributed by atoms with van der Waals surface area (Å²) in [5.41, 5.74) is 1.10. The third-order valence-corrected chi connectivity index (χ3v) is 5.09. The van der Waals surface area contributed by atoms with E-state index in [4.69, 9.17) is 11.6 Å². The Morgan fingerprint density at radius 1 is 1.29 bits per heavy atom. The molecule has 0 aromatic heterocycles. The smallest absolute Gasteiger partial charge is 0.288 e. The number of carbonyl (C=O) groups excluding carboxylic acids is 2. The molecule has 1 aliphatic rings. The van der Waals surface area contributed by atoms with Crippen molar-refractivity contribution in [1.29, 1.82) is 0 Å². The molecule has 0 saturated carbocycles. The monoisotopic (exact) mass is 407 g/mol. The Labute approximate surface area is 169 Å². The summed E-state index contributed by atoms with van der Waals surface area (Å²) in [7, 11) is 0. The van der Waals surface area contributed by atoms with E-state index in [9.17, 15) is 19.7 Å². The molecule has 0 bridgehead atoms. The second-order valence-corrected chi connectivity index (χ2v) is 7.67. The molecule has 2 amide bonds. The molecule has 0 aliphatic heterocycles. The van der Waals surface area contributed by atoms with Gasteiger partial charge in [-0.2, -0.15) is 0 Å². The van der Waals surface area contributed by atoms with Crippen LogP contribution in [0.25, 0.3) is 0 Å². The highest BCUT2D eigenvalue weighted by molar-refractivity contribution is 6.32. The summed E-state index contributed by atoms with van der Waals surface area (Å²) in [5, 5.41) is 16.5. The van der Waals surface area contributed by atoms with E-state index >= 15 is 0 Å². The van der Waals surface area contributed by atoms with Crippen LogP contribution in [0.1, 0.15) is 56.3 Å². The molecular formula is C20H26ClN3O4. The predicted molar refractivity (Wildman–Crippen MR) is 108 cm³/mol. The Balaban J connectivity index is 1.98. The summed E-state index contributed by atoms with van der Waals surface area (Å²) >= 11 is 5.78. The van der Waals surface area contributed by atoms with Gasteiger partial charge in [0, 0.05) is 18.2 Å². The number of rotatable bonds is 8. The average Bonchev–Trinajstić information content (AvgIpc) is 2.66. The van der Waals surface area contributed by atoms with E-state index in [1.165, 1.54) is 30.5 Å². The number of allylic oxidation sites excluding steroid dienone is 1. The normalized spacial score (nSPS) is 14.9. The number of nitro groups is 1. The summed E-state index contributed by atoms with van der Waals surface area (Å²) in [6, 6.07) is 3.08. The summed E-state index contributed by atoms with van der Waals surface area (Å²) in [5.74, 6) is -0.952. The van der Waals surface area contributed by atoms with E-state index in [2.05, 4.69) is 16.7 Å². The minimum Gasteiger partial charge on any atom is -0.354 e. The molecule has 2 N–H and O–H groups in total.